The summed E-state index contributed by atoms with van der Waals surface area (Å²) < 4.78 is 33.7. The quantitative estimate of drug-likeness (QED) is 0.404. The molecule has 0 saturated heterocycles. The van der Waals surface area contributed by atoms with E-state index in [0.717, 1.165) is 32.9 Å². The number of hydrogen-bond acceptors (Lipinski definition) is 6. The average molecular weight is 520 g/mol. The molecule has 1 unspecified atom stereocenters. The van der Waals surface area contributed by atoms with E-state index in [1.165, 1.54) is 13.0 Å². The van der Waals surface area contributed by atoms with Crippen molar-refractivity contribution in [1.82, 2.24) is 4.72 Å². The molecule has 7 nitrogen and oxygen atoms in total. The highest BCUT2D eigenvalue weighted by Crippen LogP contribution is 2.52. The van der Waals surface area contributed by atoms with Gasteiger partial charge in [-0.1, -0.05) is 48.0 Å². The molecule has 1 heterocycles. The Morgan fingerprint density at radius 3 is 2.59 bits per heavy atom. The van der Waals surface area contributed by atoms with Crippen molar-refractivity contribution in [3.05, 3.63) is 76.8 Å². The second-order valence-electron chi connectivity index (χ2n) is 8.10. The van der Waals surface area contributed by atoms with Gasteiger partial charge in [0.25, 0.3) is 10.0 Å². The van der Waals surface area contributed by atoms with Crippen molar-refractivity contribution >= 4 is 44.9 Å². The van der Waals surface area contributed by atoms with Gasteiger partial charge in [0.1, 0.15) is 9.75 Å². The molecule has 0 aliphatic heterocycles. The van der Waals surface area contributed by atoms with Crippen LogP contribution in [0.15, 0.2) is 64.9 Å². The summed E-state index contributed by atoms with van der Waals surface area (Å²) in [7, 11) is -4.07. The number of carboxylic acid groups (broad SMARTS) is 1. The van der Waals surface area contributed by atoms with Crippen molar-refractivity contribution in [2.24, 2.45) is 0 Å². The predicted molar refractivity (Wildman–Crippen MR) is 130 cm³/mol. The molecular formula is C24H22ClNO6S2. The molecular weight excluding hydrogens is 498 g/mol. The van der Waals surface area contributed by atoms with E-state index < -0.39 is 27.4 Å². The first-order valence-corrected chi connectivity index (χ1v) is 13.1. The summed E-state index contributed by atoms with van der Waals surface area (Å²) in [6, 6.07) is 17.4. The number of halogens is 1. The fourth-order valence-electron chi connectivity index (χ4n) is 3.86. The first-order chi connectivity index (χ1) is 16.1. The van der Waals surface area contributed by atoms with Crippen molar-refractivity contribution in [3.63, 3.8) is 0 Å². The zero-order chi connectivity index (χ0) is 24.5. The monoisotopic (exact) mass is 519 g/mol. The van der Waals surface area contributed by atoms with Gasteiger partial charge in [0.05, 0.1) is 6.61 Å². The number of ether oxygens (including phenoxy) is 1. The number of carbonyl (C=O) groups is 2. The van der Waals surface area contributed by atoms with Crippen LogP contribution in [0.4, 0.5) is 0 Å². The molecule has 3 aromatic rings. The number of nitrogens with one attached hydrogen (secondary N) is 1. The maximum atomic E-state index is 13.1. The topological polar surface area (TPSA) is 110 Å². The number of sulfonamides is 1. The molecule has 2 atom stereocenters. The fraction of sp³-hybridized carbons (Fsp3) is 0.250. The third-order valence-corrected chi connectivity index (χ3v) is 9.07. The molecule has 4 rings (SSSR count). The second kappa shape index (κ2) is 9.50. The first-order valence-electron chi connectivity index (χ1n) is 10.5. The van der Waals surface area contributed by atoms with Crippen molar-refractivity contribution < 1.29 is 27.9 Å². The molecule has 2 aromatic carbocycles. The van der Waals surface area contributed by atoms with Crippen molar-refractivity contribution in [1.29, 1.82) is 0 Å². The van der Waals surface area contributed by atoms with E-state index in [9.17, 15) is 23.1 Å². The summed E-state index contributed by atoms with van der Waals surface area (Å²) in [5.74, 6) is -2.10. The molecule has 1 saturated carbocycles. The van der Waals surface area contributed by atoms with Gasteiger partial charge in [0.15, 0.2) is 0 Å². The lowest BCUT2D eigenvalue weighted by Gasteiger charge is -2.15. The molecule has 0 radical (unpaired) electrons. The van der Waals surface area contributed by atoms with Gasteiger partial charge in [-0.2, -0.15) is 4.72 Å². The SMILES string of the molecule is CC(=O)OCCc1cccc([C@@H]2CC2(NS(=O)(=O)c2ccc(-c3ccc(Cl)cc3)s2)C(=O)O)c1. The first kappa shape index (κ1) is 24.4. The minimum Gasteiger partial charge on any atom is -0.480 e. The van der Waals surface area contributed by atoms with E-state index in [1.54, 1.807) is 42.5 Å². The average Bonchev–Trinajstić information content (AvgIpc) is 3.27. The van der Waals surface area contributed by atoms with Crippen LogP contribution in [0, 0.1) is 0 Å². The summed E-state index contributed by atoms with van der Waals surface area (Å²) in [5, 5.41) is 10.5. The highest BCUT2D eigenvalue weighted by molar-refractivity contribution is 7.91. The number of thiophene rings is 1. The van der Waals surface area contributed by atoms with Crippen LogP contribution in [-0.4, -0.2) is 37.6 Å². The van der Waals surface area contributed by atoms with Crippen molar-refractivity contribution in [2.45, 2.75) is 35.4 Å². The molecule has 0 spiro atoms. The van der Waals surface area contributed by atoms with Gasteiger partial charge >= 0.3 is 11.9 Å². The predicted octanol–water partition coefficient (Wildman–Crippen LogP) is 4.46. The summed E-state index contributed by atoms with van der Waals surface area (Å²) in [6.07, 6.45) is 0.624. The lowest BCUT2D eigenvalue weighted by molar-refractivity contribution is -0.141. The van der Waals surface area contributed by atoms with Gasteiger partial charge in [0, 0.05) is 29.2 Å². The Morgan fingerprint density at radius 1 is 1.18 bits per heavy atom. The molecule has 1 aliphatic rings. The molecule has 0 bridgehead atoms. The zero-order valence-corrected chi connectivity index (χ0v) is 20.5. The third kappa shape index (κ3) is 5.17. The van der Waals surface area contributed by atoms with Crippen LogP contribution in [0.1, 0.15) is 30.4 Å². The summed E-state index contributed by atoms with van der Waals surface area (Å²) in [4.78, 5) is 23.9. The smallest absolute Gasteiger partial charge is 0.325 e. The van der Waals surface area contributed by atoms with Gasteiger partial charge in [0.2, 0.25) is 0 Å². The Hall–Kier alpha value is -2.72. The van der Waals surface area contributed by atoms with Crippen LogP contribution in [0.3, 0.4) is 0 Å². The second-order valence-corrected chi connectivity index (χ2v) is 11.5. The number of aliphatic carboxylic acids is 1. The maximum Gasteiger partial charge on any atom is 0.325 e. The number of hydrogen-bond donors (Lipinski definition) is 2. The van der Waals surface area contributed by atoms with Gasteiger partial charge in [-0.05, 0) is 47.4 Å². The van der Waals surface area contributed by atoms with Crippen LogP contribution < -0.4 is 4.72 Å². The van der Waals surface area contributed by atoms with Crippen LogP contribution >= 0.6 is 22.9 Å². The number of rotatable bonds is 9. The highest BCUT2D eigenvalue weighted by atomic mass is 35.5. The normalized spacial score (nSPS) is 19.5. The highest BCUT2D eigenvalue weighted by Gasteiger charge is 2.63. The molecule has 34 heavy (non-hydrogen) atoms. The van der Waals surface area contributed by atoms with Crippen LogP contribution in [0.2, 0.25) is 5.02 Å². The molecule has 1 aliphatic carbocycles. The van der Waals surface area contributed by atoms with Gasteiger partial charge in [-0.15, -0.1) is 11.3 Å². The molecule has 178 valence electrons. The minimum absolute atomic E-state index is 0.0406. The molecule has 2 N–H and O–H groups in total. The van der Waals surface area contributed by atoms with Crippen LogP contribution in [0.25, 0.3) is 10.4 Å². The van der Waals surface area contributed by atoms with E-state index in [0.29, 0.717) is 11.4 Å². The van der Waals surface area contributed by atoms with Crippen LogP contribution in [0.5, 0.6) is 0 Å². The minimum atomic E-state index is -4.07. The summed E-state index contributed by atoms with van der Waals surface area (Å²) >= 11 is 6.98. The molecule has 0 amide bonds. The molecule has 10 heteroatoms. The number of carboxylic acids is 1. The molecule has 1 aromatic heterocycles. The van der Waals surface area contributed by atoms with Gasteiger partial charge < -0.3 is 9.84 Å². The Morgan fingerprint density at radius 2 is 1.91 bits per heavy atom. The van der Waals surface area contributed by atoms with Crippen molar-refractivity contribution in [2.75, 3.05) is 6.61 Å². The zero-order valence-electron chi connectivity index (χ0n) is 18.2. The van der Waals surface area contributed by atoms with Gasteiger partial charge in [-0.3, -0.25) is 9.59 Å². The fourth-order valence-corrected chi connectivity index (χ4v) is 6.70. The number of esters is 1. The number of benzene rings is 2. The lowest BCUT2D eigenvalue weighted by Crippen LogP contribution is -2.44. The lowest BCUT2D eigenvalue weighted by atomic mass is 10.0. The van der Waals surface area contributed by atoms with E-state index in [4.69, 9.17) is 16.3 Å². The Kier molecular flexibility index (Phi) is 6.82. The largest absolute Gasteiger partial charge is 0.480 e. The standard InChI is InChI=1S/C24H22ClNO6S2/c1-15(27)32-12-11-16-3-2-4-18(13-16)20-14-24(20,23(28)29)26-34(30,31)22-10-9-21(33-22)17-5-7-19(25)8-6-17/h2-10,13,20,26H,11-12,14H2,1H3,(H,28,29)/t20-,24?/m0/s1. The Bertz CT molecular complexity index is 1340. The van der Waals surface area contributed by atoms with E-state index in [2.05, 4.69) is 4.72 Å². The van der Waals surface area contributed by atoms with Crippen molar-refractivity contribution in [3.8, 4) is 10.4 Å². The Balaban J connectivity index is 1.52. The summed E-state index contributed by atoms with van der Waals surface area (Å²) in [5.41, 5.74) is 0.799. The van der Waals surface area contributed by atoms with E-state index in [1.807, 2.05) is 12.1 Å². The maximum absolute atomic E-state index is 13.1. The summed E-state index contributed by atoms with van der Waals surface area (Å²) in [6.45, 7) is 1.55. The van der Waals surface area contributed by atoms with E-state index >= 15 is 0 Å². The number of carbonyl (C=O) groups excluding carboxylic acids is 1. The van der Waals surface area contributed by atoms with Gasteiger partial charge in [-0.25, -0.2) is 8.42 Å². The van der Waals surface area contributed by atoms with E-state index in [-0.39, 0.29) is 23.2 Å². The Labute approximate surface area is 206 Å². The van der Waals surface area contributed by atoms with Crippen LogP contribution in [-0.2, 0) is 30.8 Å². The molecule has 1 fully saturated rings. The third-order valence-electron chi connectivity index (χ3n) is 5.68.